The zero-order valence-electron chi connectivity index (χ0n) is 14.8. The molecular formula is C19H30ClN3O2. The van der Waals surface area contributed by atoms with Crippen LogP contribution in [0, 0.1) is 0 Å². The lowest BCUT2D eigenvalue weighted by molar-refractivity contribution is -0.132. The molecule has 0 atom stereocenters. The molecule has 1 heterocycles. The predicted octanol–water partition coefficient (Wildman–Crippen LogP) is 2.74. The van der Waals surface area contributed by atoms with E-state index in [0.29, 0.717) is 12.0 Å². The predicted molar refractivity (Wildman–Crippen MR) is 103 cm³/mol. The van der Waals surface area contributed by atoms with Crippen LogP contribution in [0.2, 0.25) is 0 Å². The van der Waals surface area contributed by atoms with E-state index in [4.69, 9.17) is 5.73 Å². The molecule has 0 spiro atoms. The lowest BCUT2D eigenvalue weighted by Crippen LogP contribution is -2.46. The van der Waals surface area contributed by atoms with Crippen LogP contribution in [0.3, 0.4) is 0 Å². The number of halogens is 1. The van der Waals surface area contributed by atoms with Gasteiger partial charge in [0.25, 0.3) is 5.91 Å². The van der Waals surface area contributed by atoms with E-state index >= 15 is 0 Å². The highest BCUT2D eigenvalue weighted by atomic mass is 35.5. The van der Waals surface area contributed by atoms with Crippen LogP contribution in [0.5, 0.6) is 0 Å². The Kier molecular flexibility index (Phi) is 10.2. The van der Waals surface area contributed by atoms with Crippen molar-refractivity contribution < 1.29 is 9.59 Å². The summed E-state index contributed by atoms with van der Waals surface area (Å²) in [6.45, 7) is 2.21. The Morgan fingerprint density at radius 3 is 2.32 bits per heavy atom. The number of nitrogens with one attached hydrogen (secondary N) is 1. The number of likely N-dealkylation sites (tertiary alicyclic amines) is 1. The second-order valence-corrected chi connectivity index (χ2v) is 6.45. The van der Waals surface area contributed by atoms with Gasteiger partial charge in [-0.2, -0.15) is 0 Å². The average Bonchev–Trinajstić information content (AvgIpc) is 2.62. The molecule has 0 aromatic heterocycles. The Morgan fingerprint density at radius 2 is 1.68 bits per heavy atom. The summed E-state index contributed by atoms with van der Waals surface area (Å²) in [5.41, 5.74) is 6.16. The van der Waals surface area contributed by atoms with Crippen molar-refractivity contribution in [3.63, 3.8) is 0 Å². The van der Waals surface area contributed by atoms with E-state index in [0.717, 1.165) is 58.2 Å². The van der Waals surface area contributed by atoms with Gasteiger partial charge in [0.05, 0.1) is 0 Å². The third-order valence-corrected chi connectivity index (χ3v) is 4.56. The number of piperidine rings is 1. The minimum Gasteiger partial charge on any atom is -0.349 e. The largest absolute Gasteiger partial charge is 0.349 e. The molecule has 0 radical (unpaired) electrons. The van der Waals surface area contributed by atoms with E-state index < -0.39 is 0 Å². The third-order valence-electron chi connectivity index (χ3n) is 4.56. The Morgan fingerprint density at radius 1 is 1.04 bits per heavy atom. The molecule has 0 unspecified atom stereocenters. The molecule has 2 rings (SSSR count). The quantitative estimate of drug-likeness (QED) is 0.693. The summed E-state index contributed by atoms with van der Waals surface area (Å²) < 4.78 is 0. The summed E-state index contributed by atoms with van der Waals surface area (Å²) in [6.07, 6.45) is 6.47. The number of benzene rings is 1. The zero-order valence-corrected chi connectivity index (χ0v) is 15.6. The second kappa shape index (κ2) is 11.9. The van der Waals surface area contributed by atoms with E-state index in [-0.39, 0.29) is 30.3 Å². The van der Waals surface area contributed by atoms with Crippen molar-refractivity contribution in [2.45, 2.75) is 51.0 Å². The fourth-order valence-corrected chi connectivity index (χ4v) is 3.06. The minimum atomic E-state index is -0.0275. The molecule has 1 aromatic carbocycles. The van der Waals surface area contributed by atoms with Gasteiger partial charge in [-0.1, -0.05) is 31.0 Å². The molecule has 0 saturated carbocycles. The highest BCUT2D eigenvalue weighted by molar-refractivity contribution is 5.94. The summed E-state index contributed by atoms with van der Waals surface area (Å²) in [7, 11) is 0. The first kappa shape index (κ1) is 21.5. The van der Waals surface area contributed by atoms with Crippen molar-refractivity contribution >= 4 is 24.2 Å². The van der Waals surface area contributed by atoms with Gasteiger partial charge in [0.1, 0.15) is 0 Å². The first-order valence-electron chi connectivity index (χ1n) is 9.04. The number of hydrogen-bond acceptors (Lipinski definition) is 3. The van der Waals surface area contributed by atoms with Gasteiger partial charge >= 0.3 is 0 Å². The van der Waals surface area contributed by atoms with Crippen LogP contribution in [-0.4, -0.2) is 42.4 Å². The molecular weight excluding hydrogens is 338 g/mol. The lowest BCUT2D eigenvalue weighted by Gasteiger charge is -2.32. The van der Waals surface area contributed by atoms with Crippen molar-refractivity contribution in [2.75, 3.05) is 19.6 Å². The van der Waals surface area contributed by atoms with E-state index in [1.54, 1.807) is 0 Å². The van der Waals surface area contributed by atoms with E-state index in [9.17, 15) is 9.59 Å². The summed E-state index contributed by atoms with van der Waals surface area (Å²) in [5.74, 6) is 0.218. The van der Waals surface area contributed by atoms with Crippen molar-refractivity contribution in [1.82, 2.24) is 10.2 Å². The fourth-order valence-electron chi connectivity index (χ4n) is 3.06. The molecule has 6 heteroatoms. The van der Waals surface area contributed by atoms with Crippen LogP contribution in [0.4, 0.5) is 0 Å². The smallest absolute Gasteiger partial charge is 0.251 e. The molecule has 2 amide bonds. The first-order valence-corrected chi connectivity index (χ1v) is 9.04. The van der Waals surface area contributed by atoms with Crippen LogP contribution in [0.1, 0.15) is 55.3 Å². The molecule has 5 nitrogen and oxygen atoms in total. The molecule has 0 bridgehead atoms. The summed E-state index contributed by atoms with van der Waals surface area (Å²) >= 11 is 0. The van der Waals surface area contributed by atoms with Gasteiger partial charge in [-0.05, 0) is 44.4 Å². The van der Waals surface area contributed by atoms with Gasteiger partial charge in [-0.25, -0.2) is 0 Å². The molecule has 1 fully saturated rings. The van der Waals surface area contributed by atoms with Gasteiger partial charge in [0.15, 0.2) is 0 Å². The number of unbranched alkanes of at least 4 members (excludes halogenated alkanes) is 3. The lowest BCUT2D eigenvalue weighted by atomic mass is 10.0. The Bertz CT molecular complexity index is 517. The topological polar surface area (TPSA) is 75.4 Å². The number of nitrogens with two attached hydrogens (primary N) is 1. The number of nitrogens with zero attached hydrogens (tertiary/aromatic N) is 1. The summed E-state index contributed by atoms with van der Waals surface area (Å²) in [5, 5.41) is 3.07. The molecule has 1 aromatic rings. The molecule has 3 N–H and O–H groups in total. The van der Waals surface area contributed by atoms with E-state index in [1.807, 2.05) is 35.2 Å². The normalized spacial score (nSPS) is 14.7. The van der Waals surface area contributed by atoms with Crippen molar-refractivity contribution in [3.8, 4) is 0 Å². The summed E-state index contributed by atoms with van der Waals surface area (Å²) in [6, 6.07) is 9.42. The number of hydrogen-bond donors (Lipinski definition) is 2. The fraction of sp³-hybridized carbons (Fsp3) is 0.579. The Balaban J connectivity index is 0.00000312. The number of carbonyl (C=O) groups is 2. The molecule has 140 valence electrons. The van der Waals surface area contributed by atoms with Gasteiger partial charge in [0, 0.05) is 31.1 Å². The standard InChI is InChI=1S/C19H29N3O2.ClH/c20-13-7-2-1-6-10-18(23)22-14-11-17(12-15-22)21-19(24)16-8-4-3-5-9-16;/h3-5,8-9,17H,1-2,6-7,10-15,20H2,(H,21,24);1H. The van der Waals surface area contributed by atoms with Gasteiger partial charge in [0.2, 0.25) is 5.91 Å². The number of rotatable bonds is 8. The van der Waals surface area contributed by atoms with Crippen molar-refractivity contribution in [1.29, 1.82) is 0 Å². The number of carbonyl (C=O) groups excluding carboxylic acids is 2. The van der Waals surface area contributed by atoms with Crippen LogP contribution in [0.15, 0.2) is 30.3 Å². The van der Waals surface area contributed by atoms with Crippen LogP contribution in [-0.2, 0) is 4.79 Å². The molecule has 1 aliphatic heterocycles. The molecule has 0 aliphatic carbocycles. The van der Waals surface area contributed by atoms with Crippen LogP contribution < -0.4 is 11.1 Å². The SMILES string of the molecule is Cl.NCCCCCCC(=O)N1CCC(NC(=O)c2ccccc2)CC1. The van der Waals surface area contributed by atoms with E-state index in [2.05, 4.69) is 5.32 Å². The Hall–Kier alpha value is -1.59. The maximum atomic E-state index is 12.2. The average molecular weight is 368 g/mol. The van der Waals surface area contributed by atoms with Crippen LogP contribution in [0.25, 0.3) is 0 Å². The van der Waals surface area contributed by atoms with Crippen molar-refractivity contribution in [3.05, 3.63) is 35.9 Å². The van der Waals surface area contributed by atoms with Gasteiger partial charge in [-0.3, -0.25) is 9.59 Å². The molecule has 1 aliphatic rings. The minimum absolute atomic E-state index is 0. The Labute approximate surface area is 156 Å². The highest BCUT2D eigenvalue weighted by Gasteiger charge is 2.23. The van der Waals surface area contributed by atoms with Gasteiger partial charge < -0.3 is 16.0 Å². The second-order valence-electron chi connectivity index (χ2n) is 6.45. The van der Waals surface area contributed by atoms with E-state index in [1.165, 1.54) is 0 Å². The highest BCUT2D eigenvalue weighted by Crippen LogP contribution is 2.14. The van der Waals surface area contributed by atoms with Crippen LogP contribution >= 0.6 is 12.4 Å². The number of amides is 2. The maximum Gasteiger partial charge on any atom is 0.251 e. The first-order chi connectivity index (χ1) is 11.7. The maximum absolute atomic E-state index is 12.2. The molecule has 25 heavy (non-hydrogen) atoms. The zero-order chi connectivity index (χ0) is 17.2. The summed E-state index contributed by atoms with van der Waals surface area (Å²) in [4.78, 5) is 26.3. The van der Waals surface area contributed by atoms with Gasteiger partial charge in [-0.15, -0.1) is 12.4 Å². The third kappa shape index (κ3) is 7.45. The van der Waals surface area contributed by atoms with Crippen molar-refractivity contribution in [2.24, 2.45) is 5.73 Å². The molecule has 1 saturated heterocycles. The monoisotopic (exact) mass is 367 g/mol.